The summed E-state index contributed by atoms with van der Waals surface area (Å²) in [7, 11) is -0.963. The minimum absolute atomic E-state index is 0.241. The van der Waals surface area contributed by atoms with Crippen molar-refractivity contribution in [1.82, 2.24) is 0 Å². The molecule has 0 aromatic heterocycles. The molecule has 0 rings (SSSR count). The molecular weight excluding hydrogens is 211 g/mol. The molecule has 15 heavy (non-hydrogen) atoms. The molecule has 0 saturated carbocycles. The third-order valence-electron chi connectivity index (χ3n) is 2.12. The van der Waals surface area contributed by atoms with E-state index in [0.717, 1.165) is 12.8 Å². The van der Waals surface area contributed by atoms with Gasteiger partial charge in [0.25, 0.3) is 0 Å². The van der Waals surface area contributed by atoms with E-state index in [-0.39, 0.29) is 6.35 Å². The zero-order valence-corrected chi connectivity index (χ0v) is 11.6. The zero-order valence-electron chi connectivity index (χ0n) is 10.7. The highest BCUT2D eigenvalue weighted by Gasteiger charge is 2.23. The lowest BCUT2D eigenvalue weighted by molar-refractivity contribution is 0.221. The SMILES string of the molecule is CCOP(=O)(CCCC(C)(C)C)COC. The van der Waals surface area contributed by atoms with Gasteiger partial charge in [-0.05, 0) is 25.2 Å². The smallest absolute Gasteiger partial charge is 0.227 e. The molecule has 0 radical (unpaired) electrons. The van der Waals surface area contributed by atoms with Crippen molar-refractivity contribution in [2.75, 3.05) is 26.2 Å². The summed E-state index contributed by atoms with van der Waals surface area (Å²) in [5, 5.41) is 0. The normalized spacial score (nSPS) is 16.3. The first-order valence-corrected chi connectivity index (χ1v) is 7.54. The summed E-state index contributed by atoms with van der Waals surface area (Å²) >= 11 is 0. The molecule has 3 nitrogen and oxygen atoms in total. The maximum atomic E-state index is 12.2. The van der Waals surface area contributed by atoms with Crippen LogP contribution in [-0.4, -0.2) is 26.2 Å². The van der Waals surface area contributed by atoms with Crippen molar-refractivity contribution in [3.63, 3.8) is 0 Å². The summed E-state index contributed by atoms with van der Waals surface area (Å²) in [5.74, 6) is 0. The van der Waals surface area contributed by atoms with Crippen LogP contribution in [0.1, 0.15) is 40.5 Å². The molecule has 0 amide bonds. The van der Waals surface area contributed by atoms with Crippen LogP contribution >= 0.6 is 7.37 Å². The van der Waals surface area contributed by atoms with E-state index >= 15 is 0 Å². The van der Waals surface area contributed by atoms with Crippen LogP contribution in [0.5, 0.6) is 0 Å². The number of rotatable bonds is 7. The third-order valence-corrected chi connectivity index (χ3v) is 4.49. The van der Waals surface area contributed by atoms with Crippen LogP contribution in [0.25, 0.3) is 0 Å². The average molecular weight is 236 g/mol. The lowest BCUT2D eigenvalue weighted by Gasteiger charge is -2.21. The molecule has 0 spiro atoms. The van der Waals surface area contributed by atoms with Gasteiger partial charge in [-0.2, -0.15) is 0 Å². The van der Waals surface area contributed by atoms with Crippen LogP contribution in [0.2, 0.25) is 0 Å². The second-order valence-electron chi connectivity index (χ2n) is 5.04. The molecule has 0 N–H and O–H groups in total. The van der Waals surface area contributed by atoms with Gasteiger partial charge < -0.3 is 9.26 Å². The van der Waals surface area contributed by atoms with Crippen LogP contribution in [-0.2, 0) is 13.8 Å². The molecule has 0 aliphatic heterocycles. The Morgan fingerprint density at radius 2 is 1.87 bits per heavy atom. The van der Waals surface area contributed by atoms with Gasteiger partial charge in [0.05, 0.1) is 6.61 Å². The first-order chi connectivity index (χ1) is 6.83. The van der Waals surface area contributed by atoms with Gasteiger partial charge in [0.1, 0.15) is 6.35 Å². The molecule has 92 valence electrons. The molecule has 0 aromatic carbocycles. The van der Waals surface area contributed by atoms with Gasteiger partial charge in [-0.15, -0.1) is 0 Å². The predicted octanol–water partition coefficient (Wildman–Crippen LogP) is 3.73. The summed E-state index contributed by atoms with van der Waals surface area (Å²) in [4.78, 5) is 0. The monoisotopic (exact) mass is 236 g/mol. The van der Waals surface area contributed by atoms with E-state index in [1.54, 1.807) is 7.11 Å². The Kier molecular flexibility index (Phi) is 6.74. The molecule has 0 aromatic rings. The Bertz CT molecular complexity index is 198. The van der Waals surface area contributed by atoms with Crippen LogP contribution in [0, 0.1) is 5.41 Å². The van der Waals surface area contributed by atoms with E-state index in [0.29, 0.717) is 18.2 Å². The summed E-state index contributed by atoms with van der Waals surface area (Å²) in [6, 6.07) is 0. The highest BCUT2D eigenvalue weighted by atomic mass is 31.2. The summed E-state index contributed by atoms with van der Waals surface area (Å²) < 4.78 is 22.4. The van der Waals surface area contributed by atoms with Crippen molar-refractivity contribution in [1.29, 1.82) is 0 Å². The fraction of sp³-hybridized carbons (Fsp3) is 1.00. The highest BCUT2D eigenvalue weighted by molar-refractivity contribution is 7.58. The van der Waals surface area contributed by atoms with Gasteiger partial charge >= 0.3 is 0 Å². The standard InChI is InChI=1S/C11H25O3P/c1-6-14-15(12,10-13-5)9-7-8-11(2,3)4/h6-10H2,1-5H3. The molecule has 1 atom stereocenters. The van der Waals surface area contributed by atoms with Crippen LogP contribution in [0.15, 0.2) is 0 Å². The van der Waals surface area contributed by atoms with E-state index in [1.165, 1.54) is 0 Å². The van der Waals surface area contributed by atoms with Crippen molar-refractivity contribution < 1.29 is 13.8 Å². The first kappa shape index (κ1) is 15.2. The fourth-order valence-corrected chi connectivity index (χ4v) is 3.29. The fourth-order valence-electron chi connectivity index (χ4n) is 1.45. The Hall–Kier alpha value is 0.150. The lowest BCUT2D eigenvalue weighted by atomic mass is 9.91. The average Bonchev–Trinajstić information content (AvgIpc) is 2.01. The van der Waals surface area contributed by atoms with E-state index in [4.69, 9.17) is 9.26 Å². The van der Waals surface area contributed by atoms with E-state index in [2.05, 4.69) is 20.8 Å². The van der Waals surface area contributed by atoms with Gasteiger partial charge in [-0.1, -0.05) is 20.8 Å². The lowest BCUT2D eigenvalue weighted by Crippen LogP contribution is -2.08. The minimum atomic E-state index is -2.53. The quantitative estimate of drug-likeness (QED) is 0.632. The molecule has 4 heteroatoms. The molecule has 0 fully saturated rings. The maximum absolute atomic E-state index is 12.2. The van der Waals surface area contributed by atoms with Crippen LogP contribution in [0.4, 0.5) is 0 Å². The second kappa shape index (κ2) is 6.67. The largest absolute Gasteiger partial charge is 0.375 e. The predicted molar refractivity (Wildman–Crippen MR) is 64.7 cm³/mol. The summed E-state index contributed by atoms with van der Waals surface area (Å²) in [6.07, 6.45) is 2.87. The highest BCUT2D eigenvalue weighted by Crippen LogP contribution is 2.47. The van der Waals surface area contributed by atoms with E-state index < -0.39 is 7.37 Å². The Labute approximate surface area is 94.0 Å². The zero-order chi connectivity index (χ0) is 11.9. The number of hydrogen-bond acceptors (Lipinski definition) is 3. The van der Waals surface area contributed by atoms with Crippen molar-refractivity contribution in [3.05, 3.63) is 0 Å². The Balaban J connectivity index is 4.02. The second-order valence-corrected chi connectivity index (χ2v) is 7.63. The van der Waals surface area contributed by atoms with Gasteiger partial charge in [-0.3, -0.25) is 4.57 Å². The number of hydrogen-bond donors (Lipinski definition) is 0. The Morgan fingerprint density at radius 1 is 1.27 bits per heavy atom. The van der Waals surface area contributed by atoms with E-state index in [1.807, 2.05) is 6.92 Å². The maximum Gasteiger partial charge on any atom is 0.227 e. The molecule has 1 unspecified atom stereocenters. The van der Waals surface area contributed by atoms with Gasteiger partial charge in [0.2, 0.25) is 7.37 Å². The van der Waals surface area contributed by atoms with Crippen molar-refractivity contribution in [2.24, 2.45) is 5.41 Å². The van der Waals surface area contributed by atoms with Crippen LogP contribution < -0.4 is 0 Å². The van der Waals surface area contributed by atoms with Crippen molar-refractivity contribution >= 4 is 7.37 Å². The van der Waals surface area contributed by atoms with Gasteiger partial charge in [-0.25, -0.2) is 0 Å². The molecule has 0 bridgehead atoms. The van der Waals surface area contributed by atoms with E-state index in [9.17, 15) is 4.57 Å². The third kappa shape index (κ3) is 8.01. The molecule has 0 saturated heterocycles. The van der Waals surface area contributed by atoms with Crippen molar-refractivity contribution in [2.45, 2.75) is 40.5 Å². The minimum Gasteiger partial charge on any atom is -0.375 e. The topological polar surface area (TPSA) is 35.5 Å². The molecule has 0 aliphatic rings. The van der Waals surface area contributed by atoms with Crippen molar-refractivity contribution in [3.8, 4) is 0 Å². The number of ether oxygens (including phenoxy) is 1. The number of methoxy groups -OCH3 is 1. The molecule has 0 heterocycles. The molecular formula is C11H25O3P. The Morgan fingerprint density at radius 3 is 2.27 bits per heavy atom. The van der Waals surface area contributed by atoms with Crippen LogP contribution in [0.3, 0.4) is 0 Å². The van der Waals surface area contributed by atoms with Gasteiger partial charge in [0.15, 0.2) is 0 Å². The summed E-state index contributed by atoms with van der Waals surface area (Å²) in [6.45, 7) is 8.93. The molecule has 0 aliphatic carbocycles. The first-order valence-electron chi connectivity index (χ1n) is 5.54. The summed E-state index contributed by atoms with van der Waals surface area (Å²) in [5.41, 5.74) is 0.296. The van der Waals surface area contributed by atoms with Gasteiger partial charge in [0, 0.05) is 13.3 Å².